The zero-order valence-corrected chi connectivity index (χ0v) is 12.2. The number of hydrogen-bond acceptors (Lipinski definition) is 8. The highest BCUT2D eigenvalue weighted by molar-refractivity contribution is 7.23. The molecule has 0 aliphatic rings. The van der Waals surface area contributed by atoms with E-state index in [1.807, 2.05) is 0 Å². The molecule has 0 spiro atoms. The number of carbonyl (C=O) groups is 1. The summed E-state index contributed by atoms with van der Waals surface area (Å²) in [6.45, 7) is 0. The maximum atomic E-state index is 12.6. The Hall–Kier alpha value is -3.34. The predicted molar refractivity (Wildman–Crippen MR) is 83.4 cm³/mol. The molecule has 10 nitrogen and oxygen atoms in total. The number of aromatic nitrogens is 6. The number of amides is 1. The number of carbonyl (C=O) groups excluding carboxylic acids is 1. The van der Waals surface area contributed by atoms with Gasteiger partial charge in [-0.05, 0) is 23.4 Å². The Morgan fingerprint density at radius 3 is 3.04 bits per heavy atom. The number of tetrazole rings is 1. The van der Waals surface area contributed by atoms with Gasteiger partial charge in [0.05, 0.1) is 10.2 Å². The molecular formula is C12H8N8O2S. The molecule has 23 heavy (non-hydrogen) atoms. The Labute approximate surface area is 131 Å². The van der Waals surface area contributed by atoms with Crippen LogP contribution in [0.5, 0.6) is 0 Å². The number of fused-ring (bicyclic) bond motifs is 3. The number of nitrogens with zero attached hydrogens (tertiary/aromatic N) is 5. The van der Waals surface area contributed by atoms with Gasteiger partial charge in [-0.1, -0.05) is 16.4 Å². The molecule has 4 N–H and O–H groups in total. The molecule has 1 amide bonds. The average Bonchev–Trinajstić information content (AvgIpc) is 3.14. The van der Waals surface area contributed by atoms with Crippen LogP contribution in [0.2, 0.25) is 0 Å². The molecule has 0 saturated heterocycles. The van der Waals surface area contributed by atoms with E-state index < -0.39 is 11.5 Å². The molecule has 4 aromatic rings. The quantitative estimate of drug-likeness (QED) is 0.447. The van der Waals surface area contributed by atoms with Crippen LogP contribution in [-0.4, -0.2) is 35.9 Å². The lowest BCUT2D eigenvalue weighted by Crippen LogP contribution is -2.26. The first kappa shape index (κ1) is 13.3. The second-order valence-electron chi connectivity index (χ2n) is 4.61. The smallest absolute Gasteiger partial charge is 0.271 e. The molecule has 3 aromatic heterocycles. The summed E-state index contributed by atoms with van der Waals surface area (Å²) >= 11 is 1.32. The van der Waals surface area contributed by atoms with Crippen molar-refractivity contribution >= 4 is 44.1 Å². The molecule has 11 heteroatoms. The summed E-state index contributed by atoms with van der Waals surface area (Å²) in [5.41, 5.74) is 6.38. The fourth-order valence-corrected chi connectivity index (χ4v) is 3.19. The summed E-state index contributed by atoms with van der Waals surface area (Å²) in [6.07, 6.45) is 1.23. The van der Waals surface area contributed by atoms with E-state index in [2.05, 4.69) is 30.9 Å². The lowest BCUT2D eigenvalue weighted by molar-refractivity contribution is 0.102. The summed E-state index contributed by atoms with van der Waals surface area (Å²) in [7, 11) is 0. The molecule has 0 aliphatic heterocycles. The predicted octanol–water partition coefficient (Wildman–Crippen LogP) is 0.257. The molecule has 0 unspecified atom stereocenters. The van der Waals surface area contributed by atoms with E-state index in [4.69, 9.17) is 5.73 Å². The normalized spacial score (nSPS) is 11.1. The molecular weight excluding hydrogens is 320 g/mol. The van der Waals surface area contributed by atoms with Gasteiger partial charge in [0.1, 0.15) is 5.56 Å². The number of thiazole rings is 1. The first-order valence-corrected chi connectivity index (χ1v) is 7.20. The van der Waals surface area contributed by atoms with E-state index >= 15 is 0 Å². The lowest BCUT2D eigenvalue weighted by Gasteiger charge is -2.01. The van der Waals surface area contributed by atoms with Crippen molar-refractivity contribution in [2.24, 2.45) is 0 Å². The van der Waals surface area contributed by atoms with Gasteiger partial charge in [-0.2, -0.15) is 5.21 Å². The Kier molecular flexibility index (Phi) is 2.81. The molecule has 114 valence electrons. The van der Waals surface area contributed by atoms with Gasteiger partial charge in [0.25, 0.3) is 17.4 Å². The number of H-pyrrole nitrogens is 1. The van der Waals surface area contributed by atoms with Crippen molar-refractivity contribution in [1.29, 1.82) is 0 Å². The number of rotatable bonds is 2. The van der Waals surface area contributed by atoms with Crippen molar-refractivity contribution in [2.75, 3.05) is 11.1 Å². The van der Waals surface area contributed by atoms with Gasteiger partial charge in [-0.3, -0.25) is 19.3 Å². The summed E-state index contributed by atoms with van der Waals surface area (Å²) in [6, 6.07) is 5.16. The molecule has 0 saturated carbocycles. The van der Waals surface area contributed by atoms with Crippen LogP contribution in [0.1, 0.15) is 10.4 Å². The van der Waals surface area contributed by atoms with Gasteiger partial charge in [-0.25, -0.2) is 4.98 Å². The second-order valence-corrected chi connectivity index (χ2v) is 5.62. The van der Waals surface area contributed by atoms with Crippen LogP contribution in [0.15, 0.2) is 29.2 Å². The van der Waals surface area contributed by atoms with E-state index in [1.54, 1.807) is 18.2 Å². The highest BCUT2D eigenvalue weighted by atomic mass is 32.1. The third kappa shape index (κ3) is 2.10. The zero-order chi connectivity index (χ0) is 16.0. The van der Waals surface area contributed by atoms with Crippen molar-refractivity contribution in [2.45, 2.75) is 0 Å². The number of benzene rings is 1. The highest BCUT2D eigenvalue weighted by Crippen LogP contribution is 2.25. The van der Waals surface area contributed by atoms with Crippen LogP contribution >= 0.6 is 11.3 Å². The third-order valence-electron chi connectivity index (χ3n) is 3.17. The summed E-state index contributed by atoms with van der Waals surface area (Å²) < 4.78 is 2.19. The van der Waals surface area contributed by atoms with Gasteiger partial charge in [0, 0.05) is 11.9 Å². The van der Waals surface area contributed by atoms with Crippen molar-refractivity contribution in [3.8, 4) is 0 Å². The van der Waals surface area contributed by atoms with E-state index in [-0.39, 0.29) is 11.5 Å². The fourth-order valence-electron chi connectivity index (χ4n) is 2.16. The van der Waals surface area contributed by atoms with E-state index in [1.165, 1.54) is 21.9 Å². The molecule has 0 aliphatic carbocycles. The zero-order valence-electron chi connectivity index (χ0n) is 11.3. The first-order valence-electron chi connectivity index (χ1n) is 6.38. The van der Waals surface area contributed by atoms with Crippen molar-refractivity contribution < 1.29 is 4.79 Å². The first-order chi connectivity index (χ1) is 11.1. The Balaban J connectivity index is 1.88. The molecule has 0 fully saturated rings. The number of nitrogens with two attached hydrogens (primary N) is 1. The minimum atomic E-state index is -0.659. The van der Waals surface area contributed by atoms with Gasteiger partial charge in [0.2, 0.25) is 0 Å². The minimum Gasteiger partial charge on any atom is -0.399 e. The van der Waals surface area contributed by atoms with Gasteiger partial charge in [-0.15, -0.1) is 5.10 Å². The van der Waals surface area contributed by atoms with Crippen LogP contribution in [0.3, 0.4) is 0 Å². The van der Waals surface area contributed by atoms with Crippen molar-refractivity contribution in [1.82, 2.24) is 30.0 Å². The minimum absolute atomic E-state index is 0.0255. The Bertz CT molecular complexity index is 1100. The number of nitrogens with one attached hydrogen (secondary N) is 2. The van der Waals surface area contributed by atoms with Crippen LogP contribution < -0.4 is 16.6 Å². The highest BCUT2D eigenvalue weighted by Gasteiger charge is 2.17. The Morgan fingerprint density at radius 1 is 1.39 bits per heavy atom. The largest absolute Gasteiger partial charge is 0.399 e. The number of anilines is 2. The van der Waals surface area contributed by atoms with Gasteiger partial charge in [0.15, 0.2) is 4.96 Å². The number of nitrogen functional groups attached to an aromatic ring is 1. The summed E-state index contributed by atoms with van der Waals surface area (Å²) in [4.78, 5) is 29.5. The second kappa shape index (κ2) is 4.84. The number of hydrogen-bond donors (Lipinski definition) is 3. The maximum Gasteiger partial charge on any atom is 0.271 e. The lowest BCUT2D eigenvalue weighted by atomic mass is 10.3. The van der Waals surface area contributed by atoms with E-state index in [0.29, 0.717) is 16.2 Å². The molecule has 0 bridgehead atoms. The molecule has 3 heterocycles. The van der Waals surface area contributed by atoms with Crippen molar-refractivity contribution in [3.05, 3.63) is 40.3 Å². The third-order valence-corrected chi connectivity index (χ3v) is 4.19. The monoisotopic (exact) mass is 328 g/mol. The van der Waals surface area contributed by atoms with Gasteiger partial charge < -0.3 is 5.73 Å². The molecule has 1 aromatic carbocycles. The topological polar surface area (TPSA) is 144 Å². The maximum absolute atomic E-state index is 12.6. The average molecular weight is 328 g/mol. The van der Waals surface area contributed by atoms with Crippen LogP contribution in [0.4, 0.5) is 11.6 Å². The van der Waals surface area contributed by atoms with Crippen LogP contribution in [0.25, 0.3) is 15.2 Å². The van der Waals surface area contributed by atoms with Crippen molar-refractivity contribution in [3.63, 3.8) is 0 Å². The van der Waals surface area contributed by atoms with Crippen LogP contribution in [-0.2, 0) is 0 Å². The molecule has 4 rings (SSSR count). The molecule has 0 atom stereocenters. The summed E-state index contributed by atoms with van der Waals surface area (Å²) in [5.74, 6) is -0.685. The van der Waals surface area contributed by atoms with E-state index in [0.717, 1.165) is 4.70 Å². The Morgan fingerprint density at radius 2 is 2.26 bits per heavy atom. The number of aromatic amines is 1. The molecule has 0 radical (unpaired) electrons. The standard InChI is InChI=1S/C12H8N8O2S/c13-5-1-2-7-8(3-5)23-12-14-4-6(10(22)20(7)12)9(21)15-11-16-18-19-17-11/h1-4H,13H2,(H2,15,16,17,18,19,21). The summed E-state index contributed by atoms with van der Waals surface area (Å²) in [5, 5.41) is 15.1. The van der Waals surface area contributed by atoms with Gasteiger partial charge >= 0.3 is 0 Å². The fraction of sp³-hybridized carbons (Fsp3) is 0. The SMILES string of the molecule is Nc1ccc2c(c1)sc1ncc(C(=O)Nc3nn[nH]n3)c(=O)n12. The van der Waals surface area contributed by atoms with Crippen LogP contribution in [0, 0.1) is 0 Å². The van der Waals surface area contributed by atoms with E-state index in [9.17, 15) is 9.59 Å².